The van der Waals surface area contributed by atoms with Crippen molar-refractivity contribution in [3.05, 3.63) is 83.7 Å². The van der Waals surface area contributed by atoms with Crippen LogP contribution in [0.5, 0.6) is 0 Å². The molecule has 2 aromatic rings. The number of nitrogens with zero attached hydrogens (tertiary/aromatic N) is 1. The number of rotatable bonds is 2. The summed E-state index contributed by atoms with van der Waals surface area (Å²) in [6.45, 7) is 5.01. The van der Waals surface area contributed by atoms with Crippen LogP contribution in [-0.4, -0.2) is 10.8 Å². The lowest BCUT2D eigenvalue weighted by Crippen LogP contribution is -2.51. The highest BCUT2D eigenvalue weighted by Gasteiger charge is 2.59. The maximum absolute atomic E-state index is 12.5. The van der Waals surface area contributed by atoms with Crippen molar-refractivity contribution in [1.82, 2.24) is 4.98 Å². The molecule has 164 valence electrons. The number of carbonyl (C=O) groups excluding carboxylic acids is 1. The molecule has 6 rings (SSSR count). The highest BCUT2D eigenvalue weighted by molar-refractivity contribution is 5.92. The molecule has 1 heterocycles. The molecular weight excluding hydrogens is 390 g/mol. The SMILES string of the molecule is C[C@]12CCC(=O)C=C1C(c1ccccc1)C[C@@H]1[C@@H]2CC[C@]2(C)C(c3cccnc3)=CC[C@@H]12. The summed E-state index contributed by atoms with van der Waals surface area (Å²) in [7, 11) is 0. The molecule has 1 unspecified atom stereocenters. The Bertz CT molecular complexity index is 1100. The summed E-state index contributed by atoms with van der Waals surface area (Å²) in [5, 5.41) is 0. The topological polar surface area (TPSA) is 30.0 Å². The third-order valence-electron chi connectivity index (χ3n) is 9.76. The first-order valence-corrected chi connectivity index (χ1v) is 12.4. The van der Waals surface area contributed by atoms with Crippen LogP contribution in [0.3, 0.4) is 0 Å². The Morgan fingerprint density at radius 3 is 2.59 bits per heavy atom. The fourth-order valence-electron chi connectivity index (χ4n) is 8.18. The van der Waals surface area contributed by atoms with Crippen molar-refractivity contribution in [2.45, 2.75) is 58.3 Å². The average Bonchev–Trinajstić information content (AvgIpc) is 3.18. The molecule has 32 heavy (non-hydrogen) atoms. The van der Waals surface area contributed by atoms with Gasteiger partial charge in [-0.1, -0.05) is 61.9 Å². The van der Waals surface area contributed by atoms with E-state index >= 15 is 0 Å². The second kappa shape index (κ2) is 7.27. The molecule has 0 radical (unpaired) electrons. The number of hydrogen-bond acceptors (Lipinski definition) is 2. The van der Waals surface area contributed by atoms with Crippen LogP contribution in [0.4, 0.5) is 0 Å². The monoisotopic (exact) mass is 423 g/mol. The molecule has 0 spiro atoms. The fraction of sp³-hybridized carbons (Fsp3) is 0.467. The number of hydrogen-bond donors (Lipinski definition) is 0. The standard InChI is InChI=1S/C30H33NO/c1-29-15-13-27-24(26(29)11-10-25(29)21-9-6-16-31-19-21)18-23(20-7-4-3-5-8-20)28-17-22(32)12-14-30(27,28)2/h3-10,16-17,19,23-24,26-27H,11-15,18H2,1-2H3/t23?,24-,26-,27-,29+,30+/m0/s1. The number of aromatic nitrogens is 1. The molecular formula is C30H33NO. The van der Waals surface area contributed by atoms with Crippen LogP contribution in [0, 0.1) is 28.6 Å². The molecule has 2 fully saturated rings. The Labute approximate surface area is 191 Å². The molecule has 0 bridgehead atoms. The molecule has 2 heteroatoms. The van der Waals surface area contributed by atoms with Gasteiger partial charge >= 0.3 is 0 Å². The third kappa shape index (κ3) is 2.84. The Kier molecular flexibility index (Phi) is 4.58. The molecule has 0 saturated heterocycles. The average molecular weight is 424 g/mol. The number of carbonyl (C=O) groups is 1. The quantitative estimate of drug-likeness (QED) is 0.520. The van der Waals surface area contributed by atoms with Gasteiger partial charge in [-0.05, 0) is 89.5 Å². The maximum atomic E-state index is 12.5. The van der Waals surface area contributed by atoms with E-state index in [1.807, 2.05) is 12.4 Å². The highest BCUT2D eigenvalue weighted by atomic mass is 16.1. The second-order valence-electron chi connectivity index (χ2n) is 11.1. The minimum atomic E-state index is 0.149. The van der Waals surface area contributed by atoms with E-state index in [4.69, 9.17) is 0 Å². The van der Waals surface area contributed by atoms with Crippen LogP contribution in [0.25, 0.3) is 5.57 Å². The normalized spacial score (nSPS) is 38.2. The molecule has 4 aliphatic rings. The van der Waals surface area contributed by atoms with Gasteiger partial charge in [0.05, 0.1) is 0 Å². The van der Waals surface area contributed by atoms with Crippen LogP contribution < -0.4 is 0 Å². The first kappa shape index (κ1) is 20.1. The molecule has 0 aliphatic heterocycles. The van der Waals surface area contributed by atoms with Gasteiger partial charge in [0.1, 0.15) is 0 Å². The van der Waals surface area contributed by atoms with Crippen LogP contribution in [0.1, 0.15) is 69.4 Å². The number of pyridine rings is 1. The zero-order valence-electron chi connectivity index (χ0n) is 19.3. The van der Waals surface area contributed by atoms with Crippen LogP contribution in [-0.2, 0) is 4.79 Å². The van der Waals surface area contributed by atoms with E-state index in [0.29, 0.717) is 35.9 Å². The van der Waals surface area contributed by atoms with Gasteiger partial charge in [0, 0.05) is 24.7 Å². The van der Waals surface area contributed by atoms with Crippen LogP contribution in [0.2, 0.25) is 0 Å². The predicted octanol–water partition coefficient (Wildman–Crippen LogP) is 7.00. The lowest BCUT2D eigenvalue weighted by molar-refractivity contribution is -0.117. The van der Waals surface area contributed by atoms with Gasteiger partial charge in [-0.3, -0.25) is 9.78 Å². The fourth-order valence-corrected chi connectivity index (χ4v) is 8.18. The number of ketones is 1. The first-order valence-electron chi connectivity index (χ1n) is 12.4. The van der Waals surface area contributed by atoms with Gasteiger partial charge in [-0.25, -0.2) is 0 Å². The second-order valence-corrected chi connectivity index (χ2v) is 11.1. The van der Waals surface area contributed by atoms with E-state index in [9.17, 15) is 4.79 Å². The van der Waals surface area contributed by atoms with Gasteiger partial charge in [0.15, 0.2) is 5.78 Å². The van der Waals surface area contributed by atoms with E-state index in [-0.39, 0.29) is 10.8 Å². The zero-order chi connectivity index (χ0) is 21.9. The summed E-state index contributed by atoms with van der Waals surface area (Å²) in [5.41, 5.74) is 6.03. The summed E-state index contributed by atoms with van der Waals surface area (Å²) in [5.74, 6) is 2.76. The molecule has 2 nitrogen and oxygen atoms in total. The lowest BCUT2D eigenvalue weighted by atomic mass is 9.44. The van der Waals surface area contributed by atoms with Gasteiger partial charge in [0.2, 0.25) is 0 Å². The van der Waals surface area contributed by atoms with E-state index in [1.54, 1.807) is 0 Å². The molecule has 1 aromatic heterocycles. The molecule has 1 aromatic carbocycles. The first-order chi connectivity index (χ1) is 15.5. The van der Waals surface area contributed by atoms with E-state index in [2.05, 4.69) is 73.4 Å². The van der Waals surface area contributed by atoms with Crippen LogP contribution >= 0.6 is 0 Å². The van der Waals surface area contributed by atoms with Crippen molar-refractivity contribution < 1.29 is 4.79 Å². The van der Waals surface area contributed by atoms with Crippen molar-refractivity contribution in [1.29, 1.82) is 0 Å². The van der Waals surface area contributed by atoms with Crippen molar-refractivity contribution >= 4 is 11.4 Å². The van der Waals surface area contributed by atoms with E-state index in [0.717, 1.165) is 6.42 Å². The smallest absolute Gasteiger partial charge is 0.155 e. The van der Waals surface area contributed by atoms with Crippen LogP contribution in [0.15, 0.2) is 72.6 Å². The lowest BCUT2D eigenvalue weighted by Gasteiger charge is -2.59. The third-order valence-corrected chi connectivity index (χ3v) is 9.76. The van der Waals surface area contributed by atoms with E-state index in [1.165, 1.54) is 48.0 Å². The van der Waals surface area contributed by atoms with Gasteiger partial charge < -0.3 is 0 Å². The number of fused-ring (bicyclic) bond motifs is 5. The van der Waals surface area contributed by atoms with Crippen molar-refractivity contribution in [3.8, 4) is 0 Å². The van der Waals surface area contributed by atoms with Gasteiger partial charge in [-0.15, -0.1) is 0 Å². The zero-order valence-corrected chi connectivity index (χ0v) is 19.3. The number of benzene rings is 1. The van der Waals surface area contributed by atoms with Crippen molar-refractivity contribution in [2.75, 3.05) is 0 Å². The van der Waals surface area contributed by atoms with Crippen molar-refractivity contribution in [2.24, 2.45) is 28.6 Å². The summed E-state index contributed by atoms with van der Waals surface area (Å²) < 4.78 is 0. The van der Waals surface area contributed by atoms with Gasteiger partial charge in [-0.2, -0.15) is 0 Å². The summed E-state index contributed by atoms with van der Waals surface area (Å²) in [6, 6.07) is 15.3. The number of allylic oxidation sites excluding steroid dienone is 4. The minimum absolute atomic E-state index is 0.149. The summed E-state index contributed by atoms with van der Waals surface area (Å²) >= 11 is 0. The van der Waals surface area contributed by atoms with E-state index < -0.39 is 0 Å². The Hall–Kier alpha value is -2.48. The maximum Gasteiger partial charge on any atom is 0.155 e. The minimum Gasteiger partial charge on any atom is -0.295 e. The van der Waals surface area contributed by atoms with Crippen molar-refractivity contribution in [3.63, 3.8) is 0 Å². The highest BCUT2D eigenvalue weighted by Crippen LogP contribution is 2.68. The predicted molar refractivity (Wildman–Crippen MR) is 129 cm³/mol. The molecule has 0 N–H and O–H groups in total. The molecule has 0 amide bonds. The molecule has 2 saturated carbocycles. The summed E-state index contributed by atoms with van der Waals surface area (Å²) in [4.78, 5) is 17.0. The Morgan fingerprint density at radius 2 is 1.81 bits per heavy atom. The largest absolute Gasteiger partial charge is 0.295 e. The molecule has 6 atom stereocenters. The summed E-state index contributed by atoms with van der Waals surface area (Å²) in [6.07, 6.45) is 15.1. The molecule has 4 aliphatic carbocycles. The van der Waals surface area contributed by atoms with Gasteiger partial charge in [0.25, 0.3) is 0 Å². The Morgan fingerprint density at radius 1 is 0.969 bits per heavy atom. The Balaban J connectivity index is 1.42.